The van der Waals surface area contributed by atoms with Gasteiger partial charge in [0.05, 0.1) is 20.0 Å². The van der Waals surface area contributed by atoms with Crippen molar-refractivity contribution in [1.82, 2.24) is 0 Å². The molecule has 0 amide bonds. The molecule has 27 heavy (non-hydrogen) atoms. The van der Waals surface area contributed by atoms with E-state index in [9.17, 15) is 14.7 Å². The maximum Gasteiger partial charge on any atom is 0.373 e. The number of nitrogens with two attached hydrogens (primary N) is 1. The van der Waals surface area contributed by atoms with E-state index in [4.69, 9.17) is 13.9 Å². The molecule has 0 bridgehead atoms. The molecule has 1 aromatic carbocycles. The lowest BCUT2D eigenvalue weighted by molar-refractivity contribution is -0.690. The molecule has 3 rings (SSSR count). The molecule has 2 aromatic rings. The third kappa shape index (κ3) is 4.37. The number of ether oxygens (including phenoxy) is 3. The van der Waals surface area contributed by atoms with Gasteiger partial charge in [-0.15, -0.1) is 0 Å². The normalized spacial score (nSPS) is 18.9. The van der Waals surface area contributed by atoms with E-state index in [1.54, 1.807) is 17.4 Å². The number of carbonyl (C=O) groups is 2. The Morgan fingerprint density at radius 2 is 2.07 bits per heavy atom. The highest BCUT2D eigenvalue weighted by molar-refractivity contribution is 7.99. The largest absolute Gasteiger partial charge is 0.544 e. The number of thioether (sulfide) groups is 1. The molecule has 0 saturated carbocycles. The number of aliphatic carboxylic acids is 1. The van der Waals surface area contributed by atoms with Crippen molar-refractivity contribution in [3.8, 4) is 11.5 Å². The molecule has 1 saturated heterocycles. The van der Waals surface area contributed by atoms with Crippen LogP contribution >= 0.6 is 11.8 Å². The molecule has 2 heterocycles. The molecule has 0 radical (unpaired) electrons. The Kier molecular flexibility index (Phi) is 5.92. The van der Waals surface area contributed by atoms with Crippen LogP contribution in [0.15, 0.2) is 34.7 Å². The van der Waals surface area contributed by atoms with Gasteiger partial charge >= 0.3 is 5.97 Å². The summed E-state index contributed by atoms with van der Waals surface area (Å²) in [6.45, 7) is 0.0972. The predicted octanol–water partition coefficient (Wildman–Crippen LogP) is 0.0811. The first kappa shape index (κ1) is 19.1. The van der Waals surface area contributed by atoms with Gasteiger partial charge in [-0.1, -0.05) is 11.8 Å². The zero-order valence-electron chi connectivity index (χ0n) is 14.8. The average Bonchev–Trinajstić information content (AvgIpc) is 3.35. The SMILES string of the molecule is COC(=O)c1ccc(COc2cc([C@H]3[NH2+][C@H](C(=O)[O-])CS3)ccc2OC)o1. The monoisotopic (exact) mass is 393 g/mol. The number of hydrogen-bond acceptors (Lipinski definition) is 8. The number of hydrogen-bond donors (Lipinski definition) is 1. The number of esters is 1. The molecule has 1 aliphatic rings. The standard InChI is InChI=1S/C18H19NO7S/c1-23-13-5-3-10(16-19-12(9-27-16)17(20)21)7-15(13)25-8-11-4-6-14(26-11)18(22)24-2/h3-7,12,16,19H,8-9H2,1-2H3,(H,20,21)/t12-,16-/m0/s1. The van der Waals surface area contributed by atoms with Crippen molar-refractivity contribution in [2.45, 2.75) is 18.0 Å². The van der Waals surface area contributed by atoms with Crippen molar-refractivity contribution in [1.29, 1.82) is 0 Å². The van der Waals surface area contributed by atoms with Crippen LogP contribution in [0.25, 0.3) is 0 Å². The Morgan fingerprint density at radius 1 is 1.26 bits per heavy atom. The Hall–Kier alpha value is -2.65. The van der Waals surface area contributed by atoms with Gasteiger partial charge in [-0.2, -0.15) is 0 Å². The summed E-state index contributed by atoms with van der Waals surface area (Å²) in [5, 5.41) is 12.7. The fourth-order valence-electron chi connectivity index (χ4n) is 2.68. The van der Waals surface area contributed by atoms with E-state index in [2.05, 4.69) is 4.74 Å². The lowest BCUT2D eigenvalue weighted by Gasteiger charge is -2.14. The fourth-order valence-corrected chi connectivity index (χ4v) is 3.98. The van der Waals surface area contributed by atoms with Gasteiger partial charge in [0, 0.05) is 5.56 Å². The topological polar surface area (TPSA) is 115 Å². The van der Waals surface area contributed by atoms with Crippen LogP contribution in [-0.4, -0.2) is 38.0 Å². The van der Waals surface area contributed by atoms with Crippen LogP contribution in [0, 0.1) is 0 Å². The summed E-state index contributed by atoms with van der Waals surface area (Å²) < 4.78 is 21.1. The minimum Gasteiger partial charge on any atom is -0.544 e. The number of quaternary nitrogens is 1. The molecule has 1 aliphatic heterocycles. The highest BCUT2D eigenvalue weighted by Crippen LogP contribution is 2.34. The van der Waals surface area contributed by atoms with Crippen LogP contribution in [0.4, 0.5) is 0 Å². The zero-order valence-corrected chi connectivity index (χ0v) is 15.6. The highest BCUT2D eigenvalue weighted by atomic mass is 32.2. The van der Waals surface area contributed by atoms with Crippen LogP contribution < -0.4 is 19.9 Å². The van der Waals surface area contributed by atoms with Crippen LogP contribution in [0.5, 0.6) is 11.5 Å². The minimum absolute atomic E-state index is 0.0595. The molecule has 2 N–H and O–H groups in total. The molecular formula is C18H19NO7S. The van der Waals surface area contributed by atoms with Gasteiger partial charge in [0.25, 0.3) is 0 Å². The van der Waals surface area contributed by atoms with Gasteiger partial charge < -0.3 is 33.8 Å². The van der Waals surface area contributed by atoms with E-state index < -0.39 is 18.0 Å². The summed E-state index contributed by atoms with van der Waals surface area (Å²) >= 11 is 1.53. The second-order valence-corrected chi connectivity index (χ2v) is 7.00. The van der Waals surface area contributed by atoms with Crippen molar-refractivity contribution < 1.29 is 38.6 Å². The van der Waals surface area contributed by atoms with E-state index in [0.717, 1.165) is 5.56 Å². The molecule has 1 fully saturated rings. The zero-order chi connectivity index (χ0) is 19.4. The number of methoxy groups -OCH3 is 2. The molecular weight excluding hydrogens is 374 g/mol. The van der Waals surface area contributed by atoms with Crippen LogP contribution in [-0.2, 0) is 16.1 Å². The maximum absolute atomic E-state index is 11.4. The number of carboxylic acids is 1. The van der Waals surface area contributed by atoms with Gasteiger partial charge in [-0.05, 0) is 30.3 Å². The van der Waals surface area contributed by atoms with E-state index in [1.807, 2.05) is 12.1 Å². The third-order valence-corrected chi connectivity index (χ3v) is 5.44. The number of carboxylic acid groups (broad SMARTS) is 1. The number of benzene rings is 1. The first-order valence-electron chi connectivity index (χ1n) is 8.17. The van der Waals surface area contributed by atoms with Crippen molar-refractivity contribution in [3.63, 3.8) is 0 Å². The number of carbonyl (C=O) groups excluding carboxylic acids is 2. The summed E-state index contributed by atoms with van der Waals surface area (Å²) in [4.78, 5) is 22.5. The summed E-state index contributed by atoms with van der Waals surface area (Å²) in [6, 6.07) is 8.05. The molecule has 0 unspecified atom stereocenters. The van der Waals surface area contributed by atoms with E-state index >= 15 is 0 Å². The van der Waals surface area contributed by atoms with Gasteiger partial charge in [0.1, 0.15) is 24.4 Å². The molecule has 0 aliphatic carbocycles. The maximum atomic E-state index is 11.4. The minimum atomic E-state index is -1.06. The Labute approximate surface area is 159 Å². The summed E-state index contributed by atoms with van der Waals surface area (Å²) in [5.41, 5.74) is 0.911. The average molecular weight is 393 g/mol. The van der Waals surface area contributed by atoms with E-state index in [1.165, 1.54) is 32.0 Å². The van der Waals surface area contributed by atoms with Crippen LogP contribution in [0.1, 0.15) is 27.3 Å². The first-order valence-corrected chi connectivity index (χ1v) is 9.22. The van der Waals surface area contributed by atoms with Crippen molar-refractivity contribution >= 4 is 23.7 Å². The predicted molar refractivity (Wildman–Crippen MR) is 93.3 cm³/mol. The van der Waals surface area contributed by atoms with E-state index in [-0.39, 0.29) is 17.7 Å². The Bertz CT molecular complexity index is 835. The van der Waals surface area contributed by atoms with Gasteiger partial charge in [-0.3, -0.25) is 0 Å². The highest BCUT2D eigenvalue weighted by Gasteiger charge is 2.31. The smallest absolute Gasteiger partial charge is 0.373 e. The van der Waals surface area contributed by atoms with Crippen molar-refractivity contribution in [2.24, 2.45) is 0 Å². The Balaban J connectivity index is 1.71. The quantitative estimate of drug-likeness (QED) is 0.658. The fraction of sp³-hybridized carbons (Fsp3) is 0.333. The number of rotatable bonds is 7. The van der Waals surface area contributed by atoms with E-state index in [0.29, 0.717) is 23.0 Å². The molecule has 8 nitrogen and oxygen atoms in total. The second kappa shape index (κ2) is 8.36. The van der Waals surface area contributed by atoms with Crippen molar-refractivity contribution in [2.75, 3.05) is 20.0 Å². The van der Waals surface area contributed by atoms with Gasteiger partial charge in [0.15, 0.2) is 16.9 Å². The molecule has 9 heteroatoms. The first-order chi connectivity index (χ1) is 13.0. The van der Waals surface area contributed by atoms with Crippen LogP contribution in [0.2, 0.25) is 0 Å². The summed E-state index contributed by atoms with van der Waals surface area (Å²) in [6.07, 6.45) is 0. The second-order valence-electron chi connectivity index (χ2n) is 5.83. The molecule has 2 atom stereocenters. The summed E-state index contributed by atoms with van der Waals surface area (Å²) in [5.74, 6) is 0.461. The molecule has 1 aromatic heterocycles. The molecule has 0 spiro atoms. The lowest BCUT2D eigenvalue weighted by Crippen LogP contribution is -2.90. The lowest BCUT2D eigenvalue weighted by atomic mass is 10.2. The third-order valence-electron chi connectivity index (χ3n) is 4.10. The molecule has 144 valence electrons. The summed E-state index contributed by atoms with van der Waals surface area (Å²) in [7, 11) is 2.81. The van der Waals surface area contributed by atoms with Crippen LogP contribution in [0.3, 0.4) is 0 Å². The Morgan fingerprint density at radius 3 is 2.74 bits per heavy atom. The van der Waals surface area contributed by atoms with Crippen molar-refractivity contribution in [3.05, 3.63) is 47.4 Å². The number of furan rings is 1. The van der Waals surface area contributed by atoms with Gasteiger partial charge in [-0.25, -0.2) is 4.79 Å². The van der Waals surface area contributed by atoms with Gasteiger partial charge in [0.2, 0.25) is 5.76 Å².